The molecule has 1 heterocycles. The second-order valence-corrected chi connectivity index (χ2v) is 4.91. The molecule has 20 heavy (non-hydrogen) atoms. The number of aromatic nitrogens is 1. The third kappa shape index (κ3) is 2.95. The number of hydrogen-bond acceptors (Lipinski definition) is 3. The number of nitrogen functional groups attached to an aromatic ring is 1. The second-order valence-electron chi connectivity index (χ2n) is 4.91. The standard InChI is InChI=1S/C14H16F3N3/c1-9(2)20(8-14(15,16)17)12-6-7-19-13-10(12)4-3-5-11(13)18/h3-7,9H,8,18H2,1-2H3. The van der Waals surface area contributed by atoms with Gasteiger partial charge in [-0.1, -0.05) is 12.1 Å². The maximum atomic E-state index is 12.7. The Morgan fingerprint density at radius 3 is 2.55 bits per heavy atom. The molecule has 1 aromatic heterocycles. The van der Waals surface area contributed by atoms with Gasteiger partial charge in [0.05, 0.1) is 11.2 Å². The van der Waals surface area contributed by atoms with Gasteiger partial charge in [0.2, 0.25) is 0 Å². The zero-order valence-corrected chi connectivity index (χ0v) is 11.3. The lowest BCUT2D eigenvalue weighted by Gasteiger charge is -2.30. The number of hydrogen-bond donors (Lipinski definition) is 1. The van der Waals surface area contributed by atoms with E-state index in [1.165, 1.54) is 11.1 Å². The number of nitrogens with two attached hydrogens (primary N) is 1. The van der Waals surface area contributed by atoms with E-state index < -0.39 is 12.7 Å². The van der Waals surface area contributed by atoms with E-state index in [0.717, 1.165) is 0 Å². The van der Waals surface area contributed by atoms with Gasteiger partial charge in [-0.3, -0.25) is 4.98 Å². The van der Waals surface area contributed by atoms with Crippen molar-refractivity contribution in [2.45, 2.75) is 26.1 Å². The Bertz CT molecular complexity index is 608. The van der Waals surface area contributed by atoms with Crippen LogP contribution in [0.1, 0.15) is 13.8 Å². The topological polar surface area (TPSA) is 42.2 Å². The van der Waals surface area contributed by atoms with Gasteiger partial charge in [-0.25, -0.2) is 0 Å². The molecule has 0 bridgehead atoms. The van der Waals surface area contributed by atoms with E-state index in [4.69, 9.17) is 5.73 Å². The molecule has 2 rings (SSSR count). The Morgan fingerprint density at radius 1 is 1.25 bits per heavy atom. The zero-order chi connectivity index (χ0) is 14.9. The zero-order valence-electron chi connectivity index (χ0n) is 11.3. The number of rotatable bonds is 3. The summed E-state index contributed by atoms with van der Waals surface area (Å²) < 4.78 is 38.2. The molecule has 0 fully saturated rings. The fourth-order valence-corrected chi connectivity index (χ4v) is 2.17. The van der Waals surface area contributed by atoms with Gasteiger partial charge in [-0.05, 0) is 26.0 Å². The fraction of sp³-hybridized carbons (Fsp3) is 0.357. The van der Waals surface area contributed by atoms with Crippen molar-refractivity contribution >= 4 is 22.3 Å². The first kappa shape index (κ1) is 14.4. The van der Waals surface area contributed by atoms with E-state index in [1.807, 2.05) is 0 Å². The molecular weight excluding hydrogens is 267 g/mol. The first-order valence-electron chi connectivity index (χ1n) is 6.26. The summed E-state index contributed by atoms with van der Waals surface area (Å²) in [6.45, 7) is 2.45. The van der Waals surface area contributed by atoms with E-state index in [-0.39, 0.29) is 6.04 Å². The quantitative estimate of drug-likeness (QED) is 0.875. The van der Waals surface area contributed by atoms with Gasteiger partial charge < -0.3 is 10.6 Å². The number of nitrogens with zero attached hydrogens (tertiary/aromatic N) is 2. The summed E-state index contributed by atoms with van der Waals surface area (Å²) in [4.78, 5) is 5.46. The molecule has 1 aromatic carbocycles. The normalized spacial score (nSPS) is 12.1. The minimum atomic E-state index is -4.26. The highest BCUT2D eigenvalue weighted by Gasteiger charge is 2.32. The Hall–Kier alpha value is -1.98. The summed E-state index contributed by atoms with van der Waals surface area (Å²) in [5.74, 6) is 0. The van der Waals surface area contributed by atoms with Gasteiger partial charge in [-0.2, -0.15) is 13.2 Å². The van der Waals surface area contributed by atoms with Crippen molar-refractivity contribution in [1.29, 1.82) is 0 Å². The van der Waals surface area contributed by atoms with Crippen molar-refractivity contribution in [1.82, 2.24) is 4.98 Å². The third-order valence-electron chi connectivity index (χ3n) is 3.06. The number of anilines is 2. The van der Waals surface area contributed by atoms with Gasteiger partial charge in [-0.15, -0.1) is 0 Å². The van der Waals surface area contributed by atoms with Crippen molar-refractivity contribution in [2.75, 3.05) is 17.2 Å². The number of para-hydroxylation sites is 1. The van der Waals surface area contributed by atoms with Crippen LogP contribution in [-0.2, 0) is 0 Å². The van der Waals surface area contributed by atoms with E-state index in [2.05, 4.69) is 4.98 Å². The van der Waals surface area contributed by atoms with E-state index in [9.17, 15) is 13.2 Å². The second kappa shape index (κ2) is 5.19. The number of fused-ring (bicyclic) bond motifs is 1. The van der Waals surface area contributed by atoms with Crippen molar-refractivity contribution < 1.29 is 13.2 Å². The van der Waals surface area contributed by atoms with Crippen molar-refractivity contribution in [3.63, 3.8) is 0 Å². The molecule has 0 aliphatic carbocycles. The molecule has 0 aliphatic heterocycles. The Morgan fingerprint density at radius 2 is 1.95 bits per heavy atom. The summed E-state index contributed by atoms with van der Waals surface area (Å²) in [6.07, 6.45) is -2.78. The Kier molecular flexibility index (Phi) is 3.74. The predicted octanol–water partition coefficient (Wildman–Crippen LogP) is 3.59. The Balaban J connectivity index is 2.57. The van der Waals surface area contributed by atoms with Crippen LogP contribution in [0.5, 0.6) is 0 Å². The highest BCUT2D eigenvalue weighted by Crippen LogP contribution is 2.31. The monoisotopic (exact) mass is 283 g/mol. The summed E-state index contributed by atoms with van der Waals surface area (Å²) >= 11 is 0. The first-order valence-corrected chi connectivity index (χ1v) is 6.26. The lowest BCUT2D eigenvalue weighted by Crippen LogP contribution is -2.39. The molecule has 2 N–H and O–H groups in total. The molecule has 3 nitrogen and oxygen atoms in total. The average molecular weight is 283 g/mol. The SMILES string of the molecule is CC(C)N(CC(F)(F)F)c1ccnc2c(N)cccc12. The van der Waals surface area contributed by atoms with Crippen molar-refractivity contribution in [3.8, 4) is 0 Å². The lowest BCUT2D eigenvalue weighted by molar-refractivity contribution is -0.120. The molecule has 0 saturated heterocycles. The lowest BCUT2D eigenvalue weighted by atomic mass is 10.1. The first-order chi connectivity index (χ1) is 9.29. The third-order valence-corrected chi connectivity index (χ3v) is 3.06. The van der Waals surface area contributed by atoms with Gasteiger partial charge in [0.15, 0.2) is 0 Å². The predicted molar refractivity (Wildman–Crippen MR) is 74.7 cm³/mol. The largest absolute Gasteiger partial charge is 0.405 e. The van der Waals surface area contributed by atoms with Gasteiger partial charge in [0.1, 0.15) is 6.54 Å². The maximum absolute atomic E-state index is 12.7. The molecule has 0 unspecified atom stereocenters. The molecule has 0 atom stereocenters. The van der Waals surface area contributed by atoms with Gasteiger partial charge in [0, 0.05) is 23.3 Å². The highest BCUT2D eigenvalue weighted by atomic mass is 19.4. The van der Waals surface area contributed by atoms with Crippen LogP contribution in [0, 0.1) is 0 Å². The van der Waals surface area contributed by atoms with Crippen LogP contribution in [0.2, 0.25) is 0 Å². The molecule has 0 radical (unpaired) electrons. The Labute approximate surface area is 115 Å². The number of pyridine rings is 1. The van der Waals surface area contributed by atoms with Crippen LogP contribution in [0.4, 0.5) is 24.5 Å². The molecule has 0 aliphatic rings. The van der Waals surface area contributed by atoms with Crippen LogP contribution in [0.25, 0.3) is 10.9 Å². The van der Waals surface area contributed by atoms with Crippen LogP contribution in [0.3, 0.4) is 0 Å². The van der Waals surface area contributed by atoms with Crippen molar-refractivity contribution in [3.05, 3.63) is 30.5 Å². The highest BCUT2D eigenvalue weighted by molar-refractivity contribution is 5.98. The van der Waals surface area contributed by atoms with Gasteiger partial charge >= 0.3 is 6.18 Å². The van der Waals surface area contributed by atoms with E-state index in [1.54, 1.807) is 38.1 Å². The molecule has 0 amide bonds. The summed E-state index contributed by atoms with van der Waals surface area (Å²) in [7, 11) is 0. The van der Waals surface area contributed by atoms with Crippen molar-refractivity contribution in [2.24, 2.45) is 0 Å². The smallest absolute Gasteiger partial charge is 0.397 e. The number of halogens is 3. The minimum absolute atomic E-state index is 0.288. The van der Waals surface area contributed by atoms with Crippen LogP contribution < -0.4 is 10.6 Å². The number of alkyl halides is 3. The molecule has 0 saturated carbocycles. The van der Waals surface area contributed by atoms with Crippen LogP contribution in [0.15, 0.2) is 30.5 Å². The van der Waals surface area contributed by atoms with Crippen LogP contribution >= 0.6 is 0 Å². The maximum Gasteiger partial charge on any atom is 0.405 e. The fourth-order valence-electron chi connectivity index (χ4n) is 2.17. The summed E-state index contributed by atoms with van der Waals surface area (Å²) in [5.41, 5.74) is 7.30. The number of benzene rings is 1. The van der Waals surface area contributed by atoms with Gasteiger partial charge in [0.25, 0.3) is 0 Å². The molecule has 2 aromatic rings. The minimum Gasteiger partial charge on any atom is -0.397 e. The average Bonchev–Trinajstić information content (AvgIpc) is 2.35. The van der Waals surface area contributed by atoms with E-state index in [0.29, 0.717) is 22.3 Å². The van der Waals surface area contributed by atoms with Crippen LogP contribution in [-0.4, -0.2) is 23.7 Å². The van der Waals surface area contributed by atoms with E-state index >= 15 is 0 Å². The summed E-state index contributed by atoms with van der Waals surface area (Å²) in [6, 6.07) is 6.44. The molecule has 6 heteroatoms. The molecule has 108 valence electrons. The summed E-state index contributed by atoms with van der Waals surface area (Å²) in [5, 5.41) is 0.630. The molecule has 0 spiro atoms. The molecular formula is C14H16F3N3.